The Labute approximate surface area is 387 Å². The maximum absolute atomic E-state index is 12.1. The second-order valence-electron chi connectivity index (χ2n) is 20.3. The molecule has 0 bridgehead atoms. The van der Waals surface area contributed by atoms with Crippen LogP contribution in [0.3, 0.4) is 0 Å². The van der Waals surface area contributed by atoms with E-state index in [1.165, 1.54) is 20.7 Å². The van der Waals surface area contributed by atoms with Gasteiger partial charge in [-0.2, -0.15) is 0 Å². The Hall–Kier alpha value is -3.30. The van der Waals surface area contributed by atoms with Crippen molar-refractivity contribution in [3.63, 3.8) is 0 Å². The topological polar surface area (TPSA) is 72.5 Å². The van der Waals surface area contributed by atoms with Gasteiger partial charge in [-0.05, 0) is 61.8 Å². The first-order chi connectivity index (χ1) is 30.7. The maximum Gasteiger partial charge on any atom is 0.261 e. The van der Waals surface area contributed by atoms with Crippen molar-refractivity contribution >= 4 is 52.0 Å². The van der Waals surface area contributed by atoms with Gasteiger partial charge in [0.1, 0.15) is 36.8 Å². The molecule has 344 valence electrons. The van der Waals surface area contributed by atoms with Crippen LogP contribution in [0.1, 0.15) is 88.0 Å². The zero-order chi connectivity index (χ0) is 45.8. The third-order valence-electron chi connectivity index (χ3n) is 14.7. The largest absolute Gasteiger partial charge is 0.410 e. The third-order valence-corrected chi connectivity index (χ3v) is 29.4. The Morgan fingerprint density at radius 1 is 0.609 bits per heavy atom. The van der Waals surface area contributed by atoms with Gasteiger partial charge < -0.3 is 32.3 Å². The highest BCUT2D eigenvalue weighted by atomic mass is 28.4. The summed E-state index contributed by atoms with van der Waals surface area (Å²) < 4.78 is 45.8. The van der Waals surface area contributed by atoms with Gasteiger partial charge in [0.25, 0.3) is 16.6 Å². The zero-order valence-corrected chi connectivity index (χ0v) is 42.9. The van der Waals surface area contributed by atoms with Crippen molar-refractivity contribution in [1.29, 1.82) is 0 Å². The molecule has 10 heteroatoms. The van der Waals surface area contributed by atoms with Gasteiger partial charge in [0.15, 0.2) is 8.32 Å². The first-order valence-electron chi connectivity index (χ1n) is 24.0. The van der Waals surface area contributed by atoms with Gasteiger partial charge in [0.2, 0.25) is 0 Å². The molecule has 9 atom stereocenters. The summed E-state index contributed by atoms with van der Waals surface area (Å²) in [5, 5.41) is 4.17. The molecule has 4 aromatic rings. The molecule has 3 fully saturated rings. The van der Waals surface area contributed by atoms with Gasteiger partial charge in [0.05, 0.1) is 24.4 Å². The van der Waals surface area contributed by atoms with Gasteiger partial charge in [0, 0.05) is 12.8 Å². The summed E-state index contributed by atoms with van der Waals surface area (Å²) >= 11 is 0. The van der Waals surface area contributed by atoms with Crippen molar-refractivity contribution in [3.05, 3.63) is 134 Å². The fraction of sp³-hybridized carbons (Fsp3) is 0.500. The zero-order valence-electron chi connectivity index (χ0n) is 39.9. The van der Waals surface area contributed by atoms with E-state index in [-0.39, 0.29) is 28.4 Å². The molecule has 3 aliphatic rings. The lowest BCUT2D eigenvalue weighted by Crippen LogP contribution is -2.73. The molecular weight excluding hydrogens is 845 g/mol. The summed E-state index contributed by atoms with van der Waals surface area (Å²) in [5.74, 6) is 0. The Morgan fingerprint density at radius 2 is 1.03 bits per heavy atom. The lowest BCUT2D eigenvalue weighted by Gasteiger charge is -2.53. The molecule has 4 aromatic carbocycles. The van der Waals surface area contributed by atoms with E-state index in [1.807, 2.05) is 6.08 Å². The van der Waals surface area contributed by atoms with Crippen LogP contribution in [-0.4, -0.2) is 86.2 Å². The molecule has 1 unspecified atom stereocenters. The van der Waals surface area contributed by atoms with Crippen LogP contribution < -0.4 is 20.7 Å². The van der Waals surface area contributed by atoms with Crippen LogP contribution in [0.2, 0.25) is 28.2 Å². The number of carbonyl (C=O) groups excluding carboxylic acids is 1. The molecule has 64 heavy (non-hydrogen) atoms. The molecule has 0 N–H and O–H groups in total. The second kappa shape index (κ2) is 20.3. The summed E-state index contributed by atoms with van der Waals surface area (Å²) in [6, 6.07) is 46.4. The minimum atomic E-state index is -3.18. The van der Waals surface area contributed by atoms with Crippen LogP contribution in [0.15, 0.2) is 134 Å². The Balaban J connectivity index is 1.43. The molecule has 7 nitrogen and oxygen atoms in total. The van der Waals surface area contributed by atoms with E-state index in [9.17, 15) is 4.79 Å². The average Bonchev–Trinajstić information content (AvgIpc) is 3.64. The van der Waals surface area contributed by atoms with E-state index in [0.29, 0.717) is 12.8 Å². The first-order valence-corrected chi connectivity index (χ1v) is 30.3. The van der Waals surface area contributed by atoms with Gasteiger partial charge >= 0.3 is 0 Å². The third kappa shape index (κ3) is 9.33. The monoisotopic (exact) mass is 918 g/mol. The smallest absolute Gasteiger partial charge is 0.261 e. The molecule has 3 saturated heterocycles. The highest BCUT2D eigenvalue weighted by Gasteiger charge is 2.64. The molecule has 0 saturated carbocycles. The normalized spacial score (nSPS) is 25.8. The molecule has 0 amide bonds. The van der Waals surface area contributed by atoms with E-state index >= 15 is 0 Å². The van der Waals surface area contributed by atoms with Crippen molar-refractivity contribution in [1.82, 2.24) is 0 Å². The molecule has 0 aromatic heterocycles. The molecule has 0 radical (unpaired) electrons. The van der Waals surface area contributed by atoms with Crippen molar-refractivity contribution < 1.29 is 32.3 Å². The van der Waals surface area contributed by atoms with Crippen LogP contribution in [0.5, 0.6) is 0 Å². The Morgan fingerprint density at radius 3 is 1.42 bits per heavy atom. The second-order valence-corrected chi connectivity index (χ2v) is 33.6. The number of aldehydes is 1. The van der Waals surface area contributed by atoms with Gasteiger partial charge in [-0.3, -0.25) is 0 Å². The minimum absolute atomic E-state index is 0.237. The number of rotatable bonds is 18. The molecule has 3 aliphatic heterocycles. The highest BCUT2D eigenvalue weighted by molar-refractivity contribution is 7.00. The number of hydrogen-bond acceptors (Lipinski definition) is 7. The number of hydrogen-bond donors (Lipinski definition) is 0. The van der Waals surface area contributed by atoms with Gasteiger partial charge in [-0.15, -0.1) is 6.58 Å². The van der Waals surface area contributed by atoms with Gasteiger partial charge in [-0.1, -0.05) is 190 Å². The lowest BCUT2D eigenvalue weighted by molar-refractivity contribution is -0.254. The van der Waals surface area contributed by atoms with E-state index in [1.54, 1.807) is 0 Å². The number of carbonyl (C=O) groups is 1. The summed E-state index contributed by atoms with van der Waals surface area (Å²) in [7, 11) is -8.38. The van der Waals surface area contributed by atoms with Crippen LogP contribution in [0.25, 0.3) is 0 Å². The average molecular weight is 919 g/mol. The van der Waals surface area contributed by atoms with E-state index in [0.717, 1.165) is 37.3 Å². The Kier molecular flexibility index (Phi) is 15.4. The summed E-state index contributed by atoms with van der Waals surface area (Å²) in [6.07, 6.45) is 1.56. The van der Waals surface area contributed by atoms with Crippen LogP contribution in [0, 0.1) is 0 Å². The molecular formula is C54H74O7Si3. The quantitative estimate of drug-likeness (QED) is 0.0560. The summed E-state index contributed by atoms with van der Waals surface area (Å²) in [5.41, 5.74) is 0. The standard InChI is InChI=1S/C54H74O7Si3/c1-11-40(59-62(12-2,13-3)14-4)39-47-49(60-63(53(5,6)7,42-27-19-15-20-28-42)43-29-21-16-22-30-43)50-51(58-47)52(48-46(57-50)36-35-41(56-48)37-38-55)61-64(54(8,9)10,44-31-23-17-24-32-44)45-33-25-18-26-34-45/h11,15-34,38,40-41,46-52H,1,12-14,35-37,39H2,2-10H3/t40?,41-,46+,47-,48+,49+,50+,51-,52+/m1/s1. The predicted octanol–water partition coefficient (Wildman–Crippen LogP) is 9.51. The van der Waals surface area contributed by atoms with Crippen LogP contribution >= 0.6 is 0 Å². The van der Waals surface area contributed by atoms with Crippen molar-refractivity contribution in [2.24, 2.45) is 0 Å². The first kappa shape index (κ1) is 48.6. The SMILES string of the molecule is C=CC(C[C@H]1O[C@H]2[C@@H](O[Si](c3ccccc3)(c3ccccc3)C(C)(C)C)[C@H]3O[C@@H](CC=O)CC[C@@H]3O[C@H]2[C@H]1O[Si](c1ccccc1)(c1ccccc1)C(C)(C)C)O[Si](CC)(CC)CC. The fourth-order valence-electron chi connectivity index (χ4n) is 11.2. The van der Waals surface area contributed by atoms with Crippen molar-refractivity contribution in [2.75, 3.05) is 0 Å². The van der Waals surface area contributed by atoms with Crippen LogP contribution in [0.4, 0.5) is 0 Å². The summed E-state index contributed by atoms with van der Waals surface area (Å²) in [6.45, 7) is 25.1. The molecule has 0 spiro atoms. The number of fused-ring (bicyclic) bond motifs is 2. The molecule has 0 aliphatic carbocycles. The van der Waals surface area contributed by atoms with Gasteiger partial charge in [-0.25, -0.2) is 0 Å². The van der Waals surface area contributed by atoms with E-state index in [2.05, 4.69) is 190 Å². The maximum atomic E-state index is 12.1. The predicted molar refractivity (Wildman–Crippen MR) is 268 cm³/mol. The highest BCUT2D eigenvalue weighted by Crippen LogP contribution is 2.48. The number of benzene rings is 4. The molecule has 7 rings (SSSR count). The van der Waals surface area contributed by atoms with Crippen LogP contribution in [-0.2, 0) is 32.3 Å². The Bertz CT molecular complexity index is 2000. The summed E-state index contributed by atoms with van der Waals surface area (Å²) in [4.78, 5) is 12.1. The van der Waals surface area contributed by atoms with Crippen molar-refractivity contribution in [2.45, 2.75) is 171 Å². The minimum Gasteiger partial charge on any atom is -0.410 e. The molecule has 3 heterocycles. The van der Waals surface area contributed by atoms with E-state index < -0.39 is 61.6 Å². The van der Waals surface area contributed by atoms with E-state index in [4.69, 9.17) is 27.5 Å². The van der Waals surface area contributed by atoms with Crippen molar-refractivity contribution in [3.8, 4) is 0 Å². The number of ether oxygens (including phenoxy) is 3. The fourth-order valence-corrected chi connectivity index (χ4v) is 23.4. The lowest BCUT2D eigenvalue weighted by atomic mass is 9.88.